The van der Waals surface area contributed by atoms with Crippen LogP contribution in [0.5, 0.6) is 0 Å². The number of fused-ring (bicyclic) bond motifs is 9. The van der Waals surface area contributed by atoms with E-state index in [2.05, 4.69) is 156 Å². The number of benzene rings is 6. The van der Waals surface area contributed by atoms with Gasteiger partial charge in [-0.05, 0) is 135 Å². The Kier molecular flexibility index (Phi) is 8.14. The molecule has 0 saturated heterocycles. The molecule has 11 rings (SSSR count). The fourth-order valence-electron chi connectivity index (χ4n) is 9.48. The van der Waals surface area contributed by atoms with Crippen molar-refractivity contribution in [1.82, 2.24) is 10.6 Å². The van der Waals surface area contributed by atoms with Crippen molar-refractivity contribution in [1.29, 1.82) is 0 Å². The molecule has 3 unspecified atom stereocenters. The summed E-state index contributed by atoms with van der Waals surface area (Å²) >= 11 is 1.88. The zero-order valence-electron chi connectivity index (χ0n) is 30.9. The van der Waals surface area contributed by atoms with E-state index in [4.69, 9.17) is 4.99 Å². The van der Waals surface area contributed by atoms with Crippen molar-refractivity contribution >= 4 is 69.7 Å². The van der Waals surface area contributed by atoms with Crippen LogP contribution in [0.25, 0.3) is 63.6 Å². The normalized spacial score (nSPS) is 21.5. The Balaban J connectivity index is 1.11. The van der Waals surface area contributed by atoms with E-state index in [1.165, 1.54) is 98.7 Å². The van der Waals surface area contributed by atoms with Gasteiger partial charge in [0.1, 0.15) is 18.2 Å². The largest absolute Gasteiger partial charge is 0.351 e. The highest BCUT2D eigenvalue weighted by Crippen LogP contribution is 2.44. The number of nitrogens with zero attached hydrogens (tertiary/aromatic N) is 1. The van der Waals surface area contributed by atoms with Gasteiger partial charge in [0.25, 0.3) is 0 Å². The molecule has 268 valence electrons. The van der Waals surface area contributed by atoms with Crippen molar-refractivity contribution in [3.8, 4) is 11.1 Å². The Morgan fingerprint density at radius 1 is 0.636 bits per heavy atom. The standard InChI is InChI=1S/C51H43N3S/c1-3-13-32(14-4-1)33-23-25-35(26-24-33)50-52-49(34-15-5-2-6-16-34)53-51(54-50)37-30-43(36-27-28-47-44(29-36)41-20-11-12-22-46(41)55-47)48-42-21-10-9-18-39(42)38-17-7-8-19-40(38)45(48)31-37/h3,7-15,17-23,25-31,33,49,51,53H,1-2,4-6,16,24H2,(H,52,54). The van der Waals surface area contributed by atoms with Crippen molar-refractivity contribution < 1.29 is 0 Å². The predicted octanol–water partition coefficient (Wildman–Crippen LogP) is 13.4. The lowest BCUT2D eigenvalue weighted by Crippen LogP contribution is -2.52. The van der Waals surface area contributed by atoms with Gasteiger partial charge in [0.2, 0.25) is 0 Å². The molecule has 7 aromatic rings. The Labute approximate surface area is 326 Å². The van der Waals surface area contributed by atoms with Gasteiger partial charge in [-0.2, -0.15) is 0 Å². The van der Waals surface area contributed by atoms with E-state index < -0.39 is 0 Å². The molecule has 0 saturated carbocycles. The average molecular weight is 730 g/mol. The summed E-state index contributed by atoms with van der Waals surface area (Å²) in [6.07, 6.45) is 24.4. The summed E-state index contributed by atoms with van der Waals surface area (Å²) < 4.78 is 2.66. The maximum absolute atomic E-state index is 5.55. The molecule has 0 fully saturated rings. The van der Waals surface area contributed by atoms with Crippen LogP contribution >= 0.6 is 11.3 Å². The zero-order valence-corrected chi connectivity index (χ0v) is 31.7. The van der Waals surface area contributed by atoms with Crippen molar-refractivity contribution in [2.45, 2.75) is 57.3 Å². The number of amidine groups is 1. The summed E-state index contributed by atoms with van der Waals surface area (Å²) in [5, 5.41) is 18.3. The highest BCUT2D eigenvalue weighted by Gasteiger charge is 2.29. The fraction of sp³-hybridized carbons (Fsp3) is 0.196. The maximum atomic E-state index is 5.55. The van der Waals surface area contributed by atoms with Crippen LogP contribution in [0.3, 0.4) is 0 Å². The number of hydrogen-bond donors (Lipinski definition) is 2. The molecular weight excluding hydrogens is 687 g/mol. The van der Waals surface area contributed by atoms with Gasteiger partial charge in [-0.1, -0.05) is 115 Å². The molecule has 3 aliphatic carbocycles. The highest BCUT2D eigenvalue weighted by molar-refractivity contribution is 7.25. The monoisotopic (exact) mass is 729 g/mol. The van der Waals surface area contributed by atoms with Gasteiger partial charge in [-0.25, -0.2) is 4.99 Å². The number of nitrogens with one attached hydrogen (secondary N) is 2. The van der Waals surface area contributed by atoms with Crippen LogP contribution in [-0.4, -0.2) is 12.0 Å². The number of hydrogen-bond acceptors (Lipinski definition) is 4. The van der Waals surface area contributed by atoms with E-state index >= 15 is 0 Å². The Bertz CT molecular complexity index is 2880. The van der Waals surface area contributed by atoms with Gasteiger partial charge in [-0.15, -0.1) is 11.3 Å². The first-order valence-corrected chi connectivity index (χ1v) is 20.9. The van der Waals surface area contributed by atoms with Crippen LogP contribution in [0.15, 0.2) is 167 Å². The first-order chi connectivity index (χ1) is 27.2. The van der Waals surface area contributed by atoms with Gasteiger partial charge >= 0.3 is 0 Å². The van der Waals surface area contributed by atoms with Crippen molar-refractivity contribution in [2.24, 2.45) is 10.9 Å². The first kappa shape index (κ1) is 32.8. The van der Waals surface area contributed by atoms with E-state index in [0.717, 1.165) is 37.9 Å². The molecule has 1 aromatic heterocycles. The first-order valence-electron chi connectivity index (χ1n) is 20.1. The van der Waals surface area contributed by atoms with Gasteiger partial charge < -0.3 is 5.32 Å². The third-order valence-corrected chi connectivity index (χ3v) is 13.4. The molecule has 0 amide bonds. The summed E-state index contributed by atoms with van der Waals surface area (Å²) in [5.74, 6) is 1.42. The quantitative estimate of drug-likeness (QED) is 0.137. The molecule has 0 radical (unpaired) electrons. The highest BCUT2D eigenvalue weighted by atomic mass is 32.1. The summed E-state index contributed by atoms with van der Waals surface area (Å²) in [7, 11) is 0. The lowest BCUT2D eigenvalue weighted by molar-refractivity contribution is 0.421. The summed E-state index contributed by atoms with van der Waals surface area (Å²) in [6.45, 7) is 0. The van der Waals surface area contributed by atoms with Gasteiger partial charge in [0, 0.05) is 31.7 Å². The van der Waals surface area contributed by atoms with E-state index in [-0.39, 0.29) is 12.3 Å². The fourth-order valence-corrected chi connectivity index (χ4v) is 10.6. The smallest absolute Gasteiger partial charge is 0.131 e. The van der Waals surface area contributed by atoms with Gasteiger partial charge in [-0.3, -0.25) is 5.32 Å². The summed E-state index contributed by atoms with van der Waals surface area (Å²) in [4.78, 5) is 5.55. The molecule has 0 spiro atoms. The van der Waals surface area contributed by atoms with Crippen LogP contribution in [-0.2, 0) is 0 Å². The van der Waals surface area contributed by atoms with E-state index in [9.17, 15) is 0 Å². The van der Waals surface area contributed by atoms with E-state index in [1.807, 2.05) is 11.3 Å². The number of thiophene rings is 1. The van der Waals surface area contributed by atoms with Crippen molar-refractivity contribution in [3.63, 3.8) is 0 Å². The van der Waals surface area contributed by atoms with Crippen LogP contribution in [0.4, 0.5) is 0 Å². The van der Waals surface area contributed by atoms with Crippen LogP contribution in [0, 0.1) is 5.92 Å². The second-order valence-corrected chi connectivity index (χ2v) is 16.7. The molecule has 0 bridgehead atoms. The molecule has 4 heteroatoms. The van der Waals surface area contributed by atoms with Crippen molar-refractivity contribution in [3.05, 3.63) is 168 Å². The molecule has 55 heavy (non-hydrogen) atoms. The third kappa shape index (κ3) is 5.78. The second-order valence-electron chi connectivity index (χ2n) is 15.6. The van der Waals surface area contributed by atoms with E-state index in [0.29, 0.717) is 5.92 Å². The molecule has 6 aromatic carbocycles. The molecule has 2 N–H and O–H groups in total. The summed E-state index contributed by atoms with van der Waals surface area (Å²) in [6, 6.07) is 38.7. The number of allylic oxidation sites excluding steroid dienone is 7. The average Bonchev–Trinajstić information content (AvgIpc) is 3.65. The minimum Gasteiger partial charge on any atom is -0.351 e. The Morgan fingerprint density at radius 2 is 1.42 bits per heavy atom. The van der Waals surface area contributed by atoms with E-state index in [1.54, 1.807) is 0 Å². The lowest BCUT2D eigenvalue weighted by Gasteiger charge is -2.35. The van der Waals surface area contributed by atoms with Gasteiger partial charge in [0.05, 0.1) is 0 Å². The molecule has 4 aliphatic rings. The SMILES string of the molecule is C1=CC(C2C=CC(C3=NC(c4cc(-c5ccc6sc7ccccc7c6c5)c5c6ccccc6c6ccccc6c5c4)NC(C4=CCCCC4)N3)=CC2)=CCC1. The third-order valence-electron chi connectivity index (χ3n) is 12.3. The predicted molar refractivity (Wildman–Crippen MR) is 236 cm³/mol. The number of aliphatic imine (C=N–C) groups is 1. The molecule has 3 nitrogen and oxygen atoms in total. The van der Waals surface area contributed by atoms with Gasteiger partial charge in [0.15, 0.2) is 0 Å². The van der Waals surface area contributed by atoms with Crippen LogP contribution < -0.4 is 10.6 Å². The molecular formula is C51H43N3S. The second kappa shape index (κ2) is 13.6. The van der Waals surface area contributed by atoms with Crippen LogP contribution in [0.2, 0.25) is 0 Å². The maximum Gasteiger partial charge on any atom is 0.131 e. The zero-order chi connectivity index (χ0) is 36.3. The Morgan fingerprint density at radius 3 is 2.20 bits per heavy atom. The number of rotatable bonds is 5. The minimum atomic E-state index is -0.223. The summed E-state index contributed by atoms with van der Waals surface area (Å²) in [5.41, 5.74) is 7.77. The minimum absolute atomic E-state index is 0.0230. The Hall–Kier alpha value is -5.55. The topological polar surface area (TPSA) is 36.4 Å². The lowest BCUT2D eigenvalue weighted by atomic mass is 9.86. The van der Waals surface area contributed by atoms with Crippen molar-refractivity contribution in [2.75, 3.05) is 0 Å². The van der Waals surface area contributed by atoms with Crippen LogP contribution in [0.1, 0.15) is 56.7 Å². The molecule has 2 heterocycles. The molecule has 3 atom stereocenters. The molecule has 1 aliphatic heterocycles.